The Labute approximate surface area is 85.3 Å². The molecule has 11 heavy (non-hydrogen) atoms. The van der Waals surface area contributed by atoms with Crippen LogP contribution in [-0.2, 0) is 0 Å². The molecule has 0 aromatic carbocycles. The molecule has 0 aliphatic rings. The fraction of sp³-hybridized carbons (Fsp3) is 0.333. The summed E-state index contributed by atoms with van der Waals surface area (Å²) in [5, 5.41) is 0. The second-order valence-corrected chi connectivity index (χ2v) is 4.60. The molecule has 0 heterocycles. The van der Waals surface area contributed by atoms with Gasteiger partial charge in [0.15, 0.2) is 0 Å². The first kappa shape index (κ1) is 11.2. The lowest BCUT2D eigenvalue weighted by Crippen LogP contribution is -1.76. The monoisotopic (exact) mass is 278 g/mol. The smallest absolute Gasteiger partial charge is 0.0132 e. The molecule has 0 fully saturated rings. The third kappa shape index (κ3) is 4.59. The largest absolute Gasteiger partial charge is 0.0845 e. The van der Waals surface area contributed by atoms with Gasteiger partial charge < -0.3 is 0 Å². The summed E-state index contributed by atoms with van der Waals surface area (Å²) >= 11 is 6.72. The second-order valence-electron chi connectivity index (χ2n) is 2.45. The van der Waals surface area contributed by atoms with E-state index < -0.39 is 0 Å². The average Bonchev–Trinajstić information content (AvgIpc) is 1.87. The number of rotatable bonds is 2. The summed E-state index contributed by atoms with van der Waals surface area (Å²) in [4.78, 5) is 0. The van der Waals surface area contributed by atoms with E-state index in [9.17, 15) is 0 Å². The highest BCUT2D eigenvalue weighted by Gasteiger charge is 1.93. The van der Waals surface area contributed by atoms with Gasteiger partial charge in [-0.25, -0.2) is 0 Å². The third-order valence-corrected chi connectivity index (χ3v) is 2.66. The van der Waals surface area contributed by atoms with Crippen molar-refractivity contribution in [3.63, 3.8) is 0 Å². The Hall–Kier alpha value is 0.180. The molecule has 0 atom stereocenters. The van der Waals surface area contributed by atoms with Crippen LogP contribution in [0.1, 0.15) is 20.8 Å². The maximum Gasteiger partial charge on any atom is 0.0132 e. The normalized spacial score (nSPS) is 14.5. The molecular formula is C9H12Br2. The molecule has 0 saturated carbocycles. The van der Waals surface area contributed by atoms with Crippen molar-refractivity contribution < 1.29 is 0 Å². The number of allylic oxidation sites excluding steroid dienone is 5. The van der Waals surface area contributed by atoms with E-state index in [4.69, 9.17) is 0 Å². The highest BCUT2D eigenvalue weighted by molar-refractivity contribution is 9.12. The van der Waals surface area contributed by atoms with Crippen LogP contribution in [0.4, 0.5) is 0 Å². The quantitative estimate of drug-likeness (QED) is 0.652. The van der Waals surface area contributed by atoms with Crippen molar-refractivity contribution in [2.45, 2.75) is 20.8 Å². The minimum atomic E-state index is 0.936. The van der Waals surface area contributed by atoms with Crippen LogP contribution >= 0.6 is 31.9 Å². The van der Waals surface area contributed by atoms with Gasteiger partial charge in [0.1, 0.15) is 0 Å². The van der Waals surface area contributed by atoms with E-state index in [0.717, 1.165) is 14.5 Å². The van der Waals surface area contributed by atoms with Gasteiger partial charge in [-0.05, 0) is 36.4 Å². The highest BCUT2D eigenvalue weighted by Crippen LogP contribution is 2.18. The van der Waals surface area contributed by atoms with Gasteiger partial charge in [-0.1, -0.05) is 44.5 Å². The van der Waals surface area contributed by atoms with Gasteiger partial charge in [0.05, 0.1) is 0 Å². The van der Waals surface area contributed by atoms with E-state index in [-0.39, 0.29) is 0 Å². The summed E-state index contributed by atoms with van der Waals surface area (Å²) in [6.07, 6.45) is 2.08. The molecule has 0 rings (SSSR count). The van der Waals surface area contributed by atoms with Gasteiger partial charge in [0, 0.05) is 4.48 Å². The van der Waals surface area contributed by atoms with E-state index >= 15 is 0 Å². The van der Waals surface area contributed by atoms with Crippen molar-refractivity contribution in [3.8, 4) is 0 Å². The van der Waals surface area contributed by atoms with Crippen LogP contribution in [-0.4, -0.2) is 0 Å². The number of hydrogen-bond acceptors (Lipinski definition) is 0. The molecule has 0 bridgehead atoms. The molecule has 0 aromatic heterocycles. The van der Waals surface area contributed by atoms with Gasteiger partial charge in [-0.2, -0.15) is 0 Å². The topological polar surface area (TPSA) is 0 Å². The molecule has 0 aliphatic carbocycles. The first-order valence-corrected chi connectivity index (χ1v) is 4.89. The molecule has 2 heteroatoms. The Bertz CT molecular complexity index is 218. The predicted molar refractivity (Wildman–Crippen MR) is 59.1 cm³/mol. The summed E-state index contributed by atoms with van der Waals surface area (Å²) in [6.45, 7) is 9.89. The number of hydrogen-bond donors (Lipinski definition) is 0. The van der Waals surface area contributed by atoms with Crippen molar-refractivity contribution in [3.05, 3.63) is 32.8 Å². The lowest BCUT2D eigenvalue weighted by molar-refractivity contribution is 1.40. The van der Waals surface area contributed by atoms with Crippen molar-refractivity contribution >= 4 is 31.9 Å². The SMILES string of the molecule is C=C(Br)/C(C)=C\C(C)=C(/C)Br. The molecule has 0 saturated heterocycles. The first-order chi connectivity index (χ1) is 4.95. The summed E-state index contributed by atoms with van der Waals surface area (Å²) < 4.78 is 2.09. The number of halogens is 2. The van der Waals surface area contributed by atoms with Crippen LogP contribution in [0.3, 0.4) is 0 Å². The summed E-state index contributed by atoms with van der Waals surface area (Å²) in [7, 11) is 0. The fourth-order valence-corrected chi connectivity index (χ4v) is 0.731. The van der Waals surface area contributed by atoms with Gasteiger partial charge in [0.25, 0.3) is 0 Å². The standard InChI is InChI=1S/C9H12Br2/c1-6(8(3)10)5-7(2)9(4)11/h5H,3H2,1-2,4H3/b6-5-,9-7+. The van der Waals surface area contributed by atoms with E-state index in [1.807, 2.05) is 13.8 Å². The van der Waals surface area contributed by atoms with Crippen molar-refractivity contribution in [1.82, 2.24) is 0 Å². The third-order valence-electron chi connectivity index (χ3n) is 1.40. The Morgan fingerprint density at radius 1 is 1.18 bits per heavy atom. The lowest BCUT2D eigenvalue weighted by atomic mass is 10.2. The molecule has 0 N–H and O–H groups in total. The minimum Gasteiger partial charge on any atom is -0.0845 e. The molecule has 0 amide bonds. The summed E-state index contributed by atoms with van der Waals surface area (Å²) in [6, 6.07) is 0. The van der Waals surface area contributed by atoms with Gasteiger partial charge in [-0.15, -0.1) is 0 Å². The average molecular weight is 280 g/mol. The molecule has 0 unspecified atom stereocenters. The lowest BCUT2D eigenvalue weighted by Gasteiger charge is -1.98. The predicted octanol–water partition coefficient (Wildman–Crippen LogP) is 4.53. The summed E-state index contributed by atoms with van der Waals surface area (Å²) in [5.74, 6) is 0. The van der Waals surface area contributed by atoms with Crippen molar-refractivity contribution in [1.29, 1.82) is 0 Å². The Kier molecular flexibility index (Phi) is 5.02. The molecule has 0 spiro atoms. The summed E-state index contributed by atoms with van der Waals surface area (Å²) in [5.41, 5.74) is 2.38. The zero-order valence-corrected chi connectivity index (χ0v) is 10.2. The Morgan fingerprint density at radius 3 is 1.91 bits per heavy atom. The maximum absolute atomic E-state index is 3.78. The van der Waals surface area contributed by atoms with Crippen LogP contribution in [0, 0.1) is 0 Å². The zero-order valence-electron chi connectivity index (χ0n) is 7.04. The molecule has 0 radical (unpaired) electrons. The minimum absolute atomic E-state index is 0.936. The van der Waals surface area contributed by atoms with Gasteiger partial charge in [0.2, 0.25) is 0 Å². The van der Waals surface area contributed by atoms with Crippen LogP contribution in [0.15, 0.2) is 32.8 Å². The van der Waals surface area contributed by atoms with Crippen LogP contribution in [0.2, 0.25) is 0 Å². The van der Waals surface area contributed by atoms with E-state index in [1.165, 1.54) is 5.57 Å². The maximum atomic E-state index is 3.78. The van der Waals surface area contributed by atoms with Crippen LogP contribution in [0.25, 0.3) is 0 Å². The molecule has 0 nitrogen and oxygen atoms in total. The molecule has 0 aliphatic heterocycles. The Morgan fingerprint density at radius 2 is 1.64 bits per heavy atom. The highest BCUT2D eigenvalue weighted by atomic mass is 79.9. The van der Waals surface area contributed by atoms with Crippen molar-refractivity contribution in [2.75, 3.05) is 0 Å². The van der Waals surface area contributed by atoms with E-state index in [2.05, 4.69) is 51.4 Å². The van der Waals surface area contributed by atoms with Crippen LogP contribution < -0.4 is 0 Å². The van der Waals surface area contributed by atoms with Gasteiger partial charge in [-0.3, -0.25) is 0 Å². The Balaban J connectivity index is 4.58. The van der Waals surface area contributed by atoms with Crippen molar-refractivity contribution in [2.24, 2.45) is 0 Å². The molecular weight excluding hydrogens is 268 g/mol. The van der Waals surface area contributed by atoms with Crippen LogP contribution in [0.5, 0.6) is 0 Å². The second kappa shape index (κ2) is 4.94. The molecule has 0 aromatic rings. The fourth-order valence-electron chi connectivity index (χ4n) is 0.503. The van der Waals surface area contributed by atoms with E-state index in [0.29, 0.717) is 0 Å². The molecule has 62 valence electrons. The first-order valence-electron chi connectivity index (χ1n) is 3.31. The van der Waals surface area contributed by atoms with Gasteiger partial charge >= 0.3 is 0 Å². The zero-order chi connectivity index (χ0) is 9.02. The van der Waals surface area contributed by atoms with E-state index in [1.54, 1.807) is 0 Å².